The monoisotopic (exact) mass is 422 g/mol. The Hall–Kier alpha value is -1.93. The minimum absolute atomic E-state index is 0.201. The fourth-order valence-corrected chi connectivity index (χ4v) is 2.90. The molecule has 0 aliphatic heterocycles. The maximum absolute atomic E-state index is 11.9. The van der Waals surface area contributed by atoms with Crippen LogP contribution in [0, 0.1) is 3.77 Å². The van der Waals surface area contributed by atoms with E-state index in [9.17, 15) is 4.79 Å². The van der Waals surface area contributed by atoms with Gasteiger partial charge in [-0.15, -0.1) is 11.3 Å². The van der Waals surface area contributed by atoms with Crippen LogP contribution in [0.25, 0.3) is 16.6 Å². The Bertz CT molecular complexity index is 792. The molecule has 1 amide bonds. The Labute approximate surface area is 145 Å². The van der Waals surface area contributed by atoms with Crippen LogP contribution in [0.15, 0.2) is 58.5 Å². The van der Waals surface area contributed by atoms with Crippen molar-refractivity contribution in [3.05, 3.63) is 63.6 Å². The number of thiazole rings is 1. The van der Waals surface area contributed by atoms with Crippen LogP contribution >= 0.6 is 33.9 Å². The van der Waals surface area contributed by atoms with Gasteiger partial charge < -0.3 is 9.73 Å². The minimum Gasteiger partial charge on any atom is -0.451 e. The first-order chi connectivity index (χ1) is 10.7. The number of halogens is 1. The molecule has 0 saturated carbocycles. The third kappa shape index (κ3) is 3.83. The van der Waals surface area contributed by atoms with E-state index in [1.54, 1.807) is 23.6 Å². The summed E-state index contributed by atoms with van der Waals surface area (Å²) < 4.78 is 6.14. The maximum atomic E-state index is 11.9. The first-order valence-electron chi connectivity index (χ1n) is 6.45. The van der Waals surface area contributed by atoms with Gasteiger partial charge in [-0.05, 0) is 65.1 Å². The second-order valence-corrected chi connectivity index (χ2v) is 6.34. The number of anilines is 1. The van der Waals surface area contributed by atoms with Crippen molar-refractivity contribution in [2.24, 2.45) is 0 Å². The zero-order valence-electron chi connectivity index (χ0n) is 11.3. The van der Waals surface area contributed by atoms with E-state index < -0.39 is 0 Å². The second kappa shape index (κ2) is 6.89. The number of amides is 1. The van der Waals surface area contributed by atoms with Crippen molar-refractivity contribution < 1.29 is 9.21 Å². The lowest BCUT2D eigenvalue weighted by Gasteiger charge is -2.03. The molecule has 2 aromatic heterocycles. The van der Waals surface area contributed by atoms with E-state index in [2.05, 4.69) is 32.9 Å². The first-order valence-corrected chi connectivity index (χ1v) is 8.41. The summed E-state index contributed by atoms with van der Waals surface area (Å²) in [6.45, 7) is 0. The molecule has 22 heavy (non-hydrogen) atoms. The van der Waals surface area contributed by atoms with Crippen molar-refractivity contribution in [3.63, 3.8) is 0 Å². The molecule has 0 radical (unpaired) electrons. The summed E-state index contributed by atoms with van der Waals surface area (Å²) in [5.41, 5.74) is 1.78. The SMILES string of the molecule is O=C(/C=C/c1ccc(I)o1)Nc1ccc(-c2nccs2)cc1. The van der Waals surface area contributed by atoms with Crippen molar-refractivity contribution in [2.75, 3.05) is 5.32 Å². The molecular formula is C16H11IN2O2S. The fraction of sp³-hybridized carbons (Fsp3) is 0. The molecule has 0 atom stereocenters. The predicted molar refractivity (Wildman–Crippen MR) is 96.6 cm³/mol. The van der Waals surface area contributed by atoms with E-state index in [-0.39, 0.29) is 5.91 Å². The fourth-order valence-electron chi connectivity index (χ4n) is 1.82. The number of benzene rings is 1. The molecule has 0 aliphatic carbocycles. The van der Waals surface area contributed by atoms with E-state index in [4.69, 9.17) is 4.42 Å². The Balaban J connectivity index is 1.63. The summed E-state index contributed by atoms with van der Waals surface area (Å²) in [5, 5.41) is 5.70. The van der Waals surface area contributed by atoms with Gasteiger partial charge in [0.25, 0.3) is 0 Å². The van der Waals surface area contributed by atoms with Gasteiger partial charge in [-0.2, -0.15) is 0 Å². The normalized spacial score (nSPS) is 11.0. The summed E-state index contributed by atoms with van der Waals surface area (Å²) >= 11 is 3.66. The van der Waals surface area contributed by atoms with E-state index in [0.29, 0.717) is 5.76 Å². The molecule has 0 fully saturated rings. The number of furan rings is 1. The van der Waals surface area contributed by atoms with Crippen molar-refractivity contribution in [2.45, 2.75) is 0 Å². The smallest absolute Gasteiger partial charge is 0.248 e. The van der Waals surface area contributed by atoms with Crippen LogP contribution in [0.2, 0.25) is 0 Å². The van der Waals surface area contributed by atoms with Gasteiger partial charge in [-0.1, -0.05) is 0 Å². The van der Waals surface area contributed by atoms with Crippen LogP contribution < -0.4 is 5.32 Å². The largest absolute Gasteiger partial charge is 0.451 e. The number of carbonyl (C=O) groups is 1. The summed E-state index contributed by atoms with van der Waals surface area (Å²) in [6, 6.07) is 11.3. The van der Waals surface area contributed by atoms with E-state index in [1.165, 1.54) is 6.08 Å². The van der Waals surface area contributed by atoms with Crippen molar-refractivity contribution >= 4 is 51.6 Å². The highest BCUT2D eigenvalue weighted by Crippen LogP contribution is 2.23. The van der Waals surface area contributed by atoms with Crippen molar-refractivity contribution in [1.29, 1.82) is 0 Å². The van der Waals surface area contributed by atoms with Crippen LogP contribution in [-0.2, 0) is 4.79 Å². The Morgan fingerprint density at radius 3 is 2.68 bits per heavy atom. The summed E-state index contributed by atoms with van der Waals surface area (Å²) in [7, 11) is 0. The van der Waals surface area contributed by atoms with E-state index in [1.807, 2.05) is 41.8 Å². The Morgan fingerprint density at radius 2 is 2.05 bits per heavy atom. The average molecular weight is 422 g/mol. The molecular weight excluding hydrogens is 411 g/mol. The van der Waals surface area contributed by atoms with Crippen molar-refractivity contribution in [1.82, 2.24) is 4.98 Å². The molecule has 0 unspecified atom stereocenters. The quantitative estimate of drug-likeness (QED) is 0.492. The molecule has 3 rings (SSSR count). The van der Waals surface area contributed by atoms with Gasteiger partial charge in [0.2, 0.25) is 5.91 Å². The topological polar surface area (TPSA) is 55.1 Å². The molecule has 2 heterocycles. The molecule has 1 N–H and O–H groups in total. The number of nitrogens with zero attached hydrogens (tertiary/aromatic N) is 1. The van der Waals surface area contributed by atoms with Gasteiger partial charge in [0.1, 0.15) is 10.8 Å². The predicted octanol–water partition coefficient (Wildman–Crippen LogP) is 4.66. The second-order valence-electron chi connectivity index (χ2n) is 4.38. The average Bonchev–Trinajstić information content (AvgIpc) is 3.17. The number of nitrogens with one attached hydrogen (secondary N) is 1. The lowest BCUT2D eigenvalue weighted by molar-refractivity contribution is -0.111. The van der Waals surface area contributed by atoms with Gasteiger partial charge in [0, 0.05) is 28.9 Å². The van der Waals surface area contributed by atoms with Gasteiger partial charge in [0.05, 0.1) is 0 Å². The lowest BCUT2D eigenvalue weighted by atomic mass is 10.2. The number of aromatic nitrogens is 1. The van der Waals surface area contributed by atoms with E-state index in [0.717, 1.165) is 20.0 Å². The number of hydrogen-bond donors (Lipinski definition) is 1. The van der Waals surface area contributed by atoms with Crippen LogP contribution in [0.5, 0.6) is 0 Å². The number of carbonyl (C=O) groups excluding carboxylic acids is 1. The third-order valence-electron chi connectivity index (χ3n) is 2.82. The molecule has 110 valence electrons. The van der Waals surface area contributed by atoms with Gasteiger partial charge in [-0.3, -0.25) is 4.79 Å². The maximum Gasteiger partial charge on any atom is 0.248 e. The summed E-state index contributed by atoms with van der Waals surface area (Å²) in [5.74, 6) is 0.451. The van der Waals surface area contributed by atoms with Crippen LogP contribution in [0.1, 0.15) is 5.76 Å². The van der Waals surface area contributed by atoms with Crippen LogP contribution in [0.3, 0.4) is 0 Å². The zero-order valence-corrected chi connectivity index (χ0v) is 14.3. The summed E-state index contributed by atoms with van der Waals surface area (Å²) in [6.07, 6.45) is 4.86. The molecule has 1 aromatic carbocycles. The lowest BCUT2D eigenvalue weighted by Crippen LogP contribution is -2.07. The highest BCUT2D eigenvalue weighted by molar-refractivity contribution is 14.1. The van der Waals surface area contributed by atoms with E-state index >= 15 is 0 Å². The molecule has 0 spiro atoms. The molecule has 0 saturated heterocycles. The Morgan fingerprint density at radius 1 is 1.23 bits per heavy atom. The Kier molecular flexibility index (Phi) is 4.69. The molecule has 4 nitrogen and oxygen atoms in total. The van der Waals surface area contributed by atoms with Crippen molar-refractivity contribution in [3.8, 4) is 10.6 Å². The highest BCUT2D eigenvalue weighted by atomic mass is 127. The first kappa shape index (κ1) is 15.0. The van der Waals surface area contributed by atoms with Gasteiger partial charge >= 0.3 is 0 Å². The highest BCUT2D eigenvalue weighted by Gasteiger charge is 2.02. The number of rotatable bonds is 4. The minimum atomic E-state index is -0.201. The van der Waals surface area contributed by atoms with Gasteiger partial charge in [0.15, 0.2) is 3.77 Å². The number of hydrogen-bond acceptors (Lipinski definition) is 4. The molecule has 0 bridgehead atoms. The molecule has 6 heteroatoms. The standard InChI is InChI=1S/C16H11IN2O2S/c17-14-7-5-13(21-14)6-8-15(20)19-12-3-1-11(2-4-12)16-18-9-10-22-16/h1-10H,(H,19,20)/b8-6+. The van der Waals surface area contributed by atoms with Crippen LogP contribution in [-0.4, -0.2) is 10.9 Å². The molecule has 0 aliphatic rings. The summed E-state index contributed by atoms with van der Waals surface area (Å²) in [4.78, 5) is 16.1. The third-order valence-corrected chi connectivity index (χ3v) is 4.23. The van der Waals surface area contributed by atoms with Gasteiger partial charge in [-0.25, -0.2) is 4.98 Å². The van der Waals surface area contributed by atoms with Crippen LogP contribution in [0.4, 0.5) is 5.69 Å². The zero-order chi connectivity index (χ0) is 15.4. The molecule has 3 aromatic rings.